The Kier molecular flexibility index (Phi) is 8.52. The summed E-state index contributed by atoms with van der Waals surface area (Å²) in [6.45, 7) is 8.81. The number of likely N-dealkylation sites (N-methyl/N-ethyl adjacent to an activating group) is 1. The van der Waals surface area contributed by atoms with Crippen molar-refractivity contribution in [3.05, 3.63) is 65.7 Å². The number of rotatable bonds is 9. The lowest BCUT2D eigenvalue weighted by Crippen LogP contribution is -2.57. The van der Waals surface area contributed by atoms with Crippen molar-refractivity contribution in [2.75, 3.05) is 44.3 Å². The van der Waals surface area contributed by atoms with Gasteiger partial charge in [-0.3, -0.25) is 14.4 Å². The van der Waals surface area contributed by atoms with Crippen molar-refractivity contribution in [3.8, 4) is 0 Å². The van der Waals surface area contributed by atoms with Gasteiger partial charge in [-0.1, -0.05) is 43.7 Å². The van der Waals surface area contributed by atoms with Crippen LogP contribution in [0.2, 0.25) is 0 Å². The van der Waals surface area contributed by atoms with Crippen LogP contribution in [0.4, 0.5) is 5.69 Å². The van der Waals surface area contributed by atoms with Gasteiger partial charge in [0, 0.05) is 37.4 Å². The third-order valence-corrected chi connectivity index (χ3v) is 7.92. The minimum absolute atomic E-state index is 0.00997. The van der Waals surface area contributed by atoms with Gasteiger partial charge in [-0.15, -0.1) is 0 Å². The Morgan fingerprint density at radius 2 is 1.57 bits per heavy atom. The van der Waals surface area contributed by atoms with Gasteiger partial charge in [-0.05, 0) is 69.4 Å². The number of unbranched alkanes of at least 4 members (excludes halogenated alkanes) is 1. The van der Waals surface area contributed by atoms with E-state index in [9.17, 15) is 14.4 Å². The van der Waals surface area contributed by atoms with E-state index in [0.717, 1.165) is 24.9 Å². The molecule has 0 unspecified atom stereocenters. The molecule has 2 saturated heterocycles. The maximum absolute atomic E-state index is 13.9. The lowest BCUT2D eigenvalue weighted by Gasteiger charge is -2.43. The topological polar surface area (TPSA) is 64.2 Å². The van der Waals surface area contributed by atoms with Gasteiger partial charge in [-0.25, -0.2) is 0 Å². The summed E-state index contributed by atoms with van der Waals surface area (Å²) in [5, 5.41) is 0. The monoisotopic (exact) mass is 504 g/mol. The van der Waals surface area contributed by atoms with Gasteiger partial charge in [0.25, 0.3) is 11.8 Å². The van der Waals surface area contributed by atoms with Gasteiger partial charge in [0.15, 0.2) is 0 Å². The van der Waals surface area contributed by atoms with Crippen molar-refractivity contribution >= 4 is 23.4 Å². The first-order valence-corrected chi connectivity index (χ1v) is 13.7. The molecule has 0 radical (unpaired) electrons. The summed E-state index contributed by atoms with van der Waals surface area (Å²) < 4.78 is 0. The molecule has 0 bridgehead atoms. The first-order chi connectivity index (χ1) is 17.9. The molecule has 2 heterocycles. The quantitative estimate of drug-likeness (QED) is 0.514. The van der Waals surface area contributed by atoms with Crippen LogP contribution in [-0.4, -0.2) is 77.4 Å². The van der Waals surface area contributed by atoms with Crippen molar-refractivity contribution in [2.24, 2.45) is 0 Å². The van der Waals surface area contributed by atoms with E-state index < -0.39 is 5.54 Å². The number of anilines is 1. The fourth-order valence-electron chi connectivity index (χ4n) is 5.62. The third-order valence-electron chi connectivity index (χ3n) is 7.92. The van der Waals surface area contributed by atoms with Gasteiger partial charge in [0.2, 0.25) is 5.91 Å². The number of hydrogen-bond donors (Lipinski definition) is 0. The zero-order valence-electron chi connectivity index (χ0n) is 22.5. The molecule has 3 amide bonds. The van der Waals surface area contributed by atoms with Crippen LogP contribution < -0.4 is 4.90 Å². The fraction of sp³-hybridized carbons (Fsp3) is 0.500. The maximum atomic E-state index is 13.9. The zero-order valence-corrected chi connectivity index (χ0v) is 22.5. The van der Waals surface area contributed by atoms with Gasteiger partial charge in [0.1, 0.15) is 12.1 Å². The Morgan fingerprint density at radius 1 is 0.919 bits per heavy atom. The van der Waals surface area contributed by atoms with Crippen molar-refractivity contribution in [1.29, 1.82) is 0 Å². The Labute approximate surface area is 221 Å². The molecule has 1 spiro atoms. The summed E-state index contributed by atoms with van der Waals surface area (Å²) in [5.74, 6) is -0.0233. The molecule has 0 N–H and O–H groups in total. The smallest absolute Gasteiger partial charge is 0.253 e. The second-order valence-corrected chi connectivity index (χ2v) is 10.1. The van der Waals surface area contributed by atoms with Crippen LogP contribution in [0, 0.1) is 0 Å². The van der Waals surface area contributed by atoms with Gasteiger partial charge < -0.3 is 19.6 Å². The summed E-state index contributed by atoms with van der Waals surface area (Å²) in [5.41, 5.74) is 2.17. The number of nitrogens with zero attached hydrogens (tertiary/aromatic N) is 4. The zero-order chi connectivity index (χ0) is 26.4. The average molecular weight is 505 g/mol. The molecule has 0 aromatic heterocycles. The van der Waals surface area contributed by atoms with E-state index in [1.807, 2.05) is 61.2 Å². The lowest BCUT2D eigenvalue weighted by molar-refractivity contribution is -0.140. The van der Waals surface area contributed by atoms with Crippen LogP contribution in [0.1, 0.15) is 62.4 Å². The van der Waals surface area contributed by atoms with Crippen molar-refractivity contribution < 1.29 is 14.4 Å². The molecule has 4 rings (SSSR count). The van der Waals surface area contributed by atoms with Crippen molar-refractivity contribution in [1.82, 2.24) is 14.7 Å². The number of benzene rings is 2. The van der Waals surface area contributed by atoms with E-state index in [2.05, 4.69) is 24.0 Å². The number of aryl methyl sites for hydroxylation is 1. The first-order valence-electron chi connectivity index (χ1n) is 13.7. The van der Waals surface area contributed by atoms with E-state index in [1.165, 1.54) is 5.56 Å². The molecule has 0 atom stereocenters. The summed E-state index contributed by atoms with van der Waals surface area (Å²) in [4.78, 5) is 47.5. The largest absolute Gasteiger partial charge is 0.342 e. The van der Waals surface area contributed by atoms with E-state index in [1.54, 1.807) is 9.80 Å². The summed E-state index contributed by atoms with van der Waals surface area (Å²) in [7, 11) is 0. The van der Waals surface area contributed by atoms with Crippen LogP contribution in [0.3, 0.4) is 0 Å². The number of hydrogen-bond acceptors (Lipinski definition) is 4. The molecule has 37 heavy (non-hydrogen) atoms. The molecule has 0 aliphatic carbocycles. The van der Waals surface area contributed by atoms with Crippen LogP contribution in [-0.2, 0) is 16.0 Å². The molecule has 2 fully saturated rings. The van der Waals surface area contributed by atoms with Crippen LogP contribution in [0.5, 0.6) is 0 Å². The van der Waals surface area contributed by atoms with Crippen molar-refractivity contribution in [2.45, 2.75) is 58.4 Å². The van der Waals surface area contributed by atoms with E-state index >= 15 is 0 Å². The van der Waals surface area contributed by atoms with E-state index in [4.69, 9.17) is 0 Å². The molecular formula is C30H40N4O3. The molecular weight excluding hydrogens is 464 g/mol. The molecule has 2 aromatic carbocycles. The SMILES string of the molecule is CCCCc1ccc(C(=O)N2CCC3(CC2)C(=O)N(CC(=O)N(CC)CC)CN3c2ccccc2)cc1. The minimum atomic E-state index is -0.744. The molecule has 0 saturated carbocycles. The molecule has 7 heteroatoms. The molecule has 2 aliphatic rings. The number of para-hydroxylation sites is 1. The Bertz CT molecular complexity index is 1070. The number of carbonyl (C=O) groups excluding carboxylic acids is 3. The highest BCUT2D eigenvalue weighted by Gasteiger charge is 2.54. The third kappa shape index (κ3) is 5.50. The normalized spacial score (nSPS) is 16.9. The number of likely N-dealkylation sites (tertiary alicyclic amines) is 1. The van der Waals surface area contributed by atoms with Crippen molar-refractivity contribution in [3.63, 3.8) is 0 Å². The predicted octanol–water partition coefficient (Wildman–Crippen LogP) is 4.18. The summed E-state index contributed by atoms with van der Waals surface area (Å²) in [6, 6.07) is 17.9. The molecule has 7 nitrogen and oxygen atoms in total. The minimum Gasteiger partial charge on any atom is -0.342 e. The highest BCUT2D eigenvalue weighted by atomic mass is 16.2. The molecule has 2 aromatic rings. The Hall–Kier alpha value is -3.35. The van der Waals surface area contributed by atoms with Crippen LogP contribution in [0.25, 0.3) is 0 Å². The van der Waals surface area contributed by atoms with Crippen LogP contribution >= 0.6 is 0 Å². The molecule has 198 valence electrons. The summed E-state index contributed by atoms with van der Waals surface area (Å²) in [6.07, 6.45) is 4.40. The highest BCUT2D eigenvalue weighted by Crippen LogP contribution is 2.39. The number of carbonyl (C=O) groups is 3. The first kappa shape index (κ1) is 26.7. The van der Waals surface area contributed by atoms with Gasteiger partial charge in [0.05, 0.1) is 6.67 Å². The lowest BCUT2D eigenvalue weighted by atomic mass is 9.85. The second-order valence-electron chi connectivity index (χ2n) is 10.1. The van der Waals surface area contributed by atoms with Gasteiger partial charge >= 0.3 is 0 Å². The van der Waals surface area contributed by atoms with E-state index in [-0.39, 0.29) is 24.3 Å². The fourth-order valence-corrected chi connectivity index (χ4v) is 5.62. The summed E-state index contributed by atoms with van der Waals surface area (Å²) >= 11 is 0. The van der Waals surface area contributed by atoms with E-state index in [0.29, 0.717) is 51.3 Å². The van der Waals surface area contributed by atoms with Gasteiger partial charge in [-0.2, -0.15) is 0 Å². The maximum Gasteiger partial charge on any atom is 0.253 e. The second kappa shape index (κ2) is 11.8. The predicted molar refractivity (Wildman–Crippen MR) is 146 cm³/mol. The number of piperidine rings is 1. The average Bonchev–Trinajstić information content (AvgIpc) is 3.19. The Morgan fingerprint density at radius 3 is 2.16 bits per heavy atom. The number of amides is 3. The standard InChI is InChI=1S/C30H40N4O3/c1-4-7-11-24-14-16-25(17-15-24)28(36)32-20-18-30(19-21-32)29(37)33(22-27(35)31(5-2)6-3)23-34(30)26-12-9-8-10-13-26/h8-10,12-17H,4-7,11,18-23H2,1-3H3. The molecule has 2 aliphatic heterocycles. The highest BCUT2D eigenvalue weighted by molar-refractivity contribution is 5.97. The van der Waals surface area contributed by atoms with Crippen LogP contribution in [0.15, 0.2) is 54.6 Å². The Balaban J connectivity index is 1.50.